The van der Waals surface area contributed by atoms with Crippen LogP contribution in [0.15, 0.2) is 24.3 Å². The van der Waals surface area contributed by atoms with Gasteiger partial charge in [0.1, 0.15) is 23.2 Å². The largest absolute Gasteiger partial charge is 0.444 e. The van der Waals surface area contributed by atoms with Gasteiger partial charge < -0.3 is 9.53 Å². The minimum Gasteiger partial charge on any atom is -0.444 e. The van der Waals surface area contributed by atoms with E-state index in [1.165, 1.54) is 17.0 Å². The van der Waals surface area contributed by atoms with Crippen LogP contribution in [0.3, 0.4) is 0 Å². The maximum atomic E-state index is 13.6. The molecule has 1 amide bonds. The monoisotopic (exact) mass is 321 g/mol. The fraction of sp³-hybridized carbons (Fsp3) is 0.556. The molecule has 1 heterocycles. The lowest BCUT2D eigenvalue weighted by Gasteiger charge is -2.37. The number of carbonyl (C=O) groups excluding carboxylic acids is 2. The predicted molar refractivity (Wildman–Crippen MR) is 85.5 cm³/mol. The predicted octanol–water partition coefficient (Wildman–Crippen LogP) is 4.25. The summed E-state index contributed by atoms with van der Waals surface area (Å²) in [5, 5.41) is 0. The summed E-state index contributed by atoms with van der Waals surface area (Å²) in [7, 11) is 0. The number of halogens is 1. The summed E-state index contributed by atoms with van der Waals surface area (Å²) in [6.45, 7) is 7.23. The van der Waals surface area contributed by atoms with Crippen molar-refractivity contribution < 1.29 is 18.7 Å². The van der Waals surface area contributed by atoms with Crippen molar-refractivity contribution in [3.05, 3.63) is 35.6 Å². The molecule has 2 atom stereocenters. The third-order valence-corrected chi connectivity index (χ3v) is 4.30. The zero-order chi connectivity index (χ0) is 17.3. The van der Waals surface area contributed by atoms with Crippen molar-refractivity contribution in [1.82, 2.24) is 4.90 Å². The highest BCUT2D eigenvalue weighted by atomic mass is 19.1. The SMILES string of the molecule is CC[C@@]1(C=O)CC[C@@H](c2cccc(F)c2)N1C(=O)OC(C)(C)C. The van der Waals surface area contributed by atoms with Crippen LogP contribution in [0, 0.1) is 5.82 Å². The Bertz CT molecular complexity index is 596. The first-order valence-electron chi connectivity index (χ1n) is 7.96. The standard InChI is InChI=1S/C18H24FNO3/c1-5-18(12-21)10-9-15(13-7-6-8-14(19)11-13)20(18)16(22)23-17(2,3)4/h6-8,11-12,15H,5,9-10H2,1-4H3/t15-,18-/m0/s1. The van der Waals surface area contributed by atoms with Gasteiger partial charge >= 0.3 is 6.09 Å². The molecular formula is C18H24FNO3. The second-order valence-corrected chi connectivity index (χ2v) is 7.03. The summed E-state index contributed by atoms with van der Waals surface area (Å²) in [6, 6.07) is 5.82. The molecular weight excluding hydrogens is 297 g/mol. The fourth-order valence-corrected chi connectivity index (χ4v) is 3.14. The Balaban J connectivity index is 2.42. The lowest BCUT2D eigenvalue weighted by molar-refractivity contribution is -0.118. The number of hydrogen-bond donors (Lipinski definition) is 0. The van der Waals surface area contributed by atoms with Crippen molar-refractivity contribution in [3.63, 3.8) is 0 Å². The first-order chi connectivity index (χ1) is 10.7. The first kappa shape index (κ1) is 17.4. The van der Waals surface area contributed by atoms with Crippen LogP contribution in [0.1, 0.15) is 58.6 Å². The van der Waals surface area contributed by atoms with E-state index in [0.29, 0.717) is 24.8 Å². The van der Waals surface area contributed by atoms with Crippen LogP contribution < -0.4 is 0 Å². The Morgan fingerprint density at radius 2 is 2.17 bits per heavy atom. The minimum atomic E-state index is -0.890. The summed E-state index contributed by atoms with van der Waals surface area (Å²) >= 11 is 0. The van der Waals surface area contributed by atoms with Crippen LogP contribution in [0.4, 0.5) is 9.18 Å². The fourth-order valence-electron chi connectivity index (χ4n) is 3.14. The maximum absolute atomic E-state index is 13.6. The molecule has 23 heavy (non-hydrogen) atoms. The van der Waals surface area contributed by atoms with E-state index in [0.717, 1.165) is 6.29 Å². The van der Waals surface area contributed by atoms with Gasteiger partial charge in [0.15, 0.2) is 0 Å². The van der Waals surface area contributed by atoms with Gasteiger partial charge in [-0.1, -0.05) is 19.1 Å². The molecule has 0 saturated carbocycles. The third-order valence-electron chi connectivity index (χ3n) is 4.30. The van der Waals surface area contributed by atoms with Gasteiger partial charge in [0.25, 0.3) is 0 Å². The second kappa shape index (κ2) is 6.30. The average molecular weight is 321 g/mol. The molecule has 126 valence electrons. The Kier molecular flexibility index (Phi) is 4.78. The number of hydrogen-bond acceptors (Lipinski definition) is 3. The van der Waals surface area contributed by atoms with Gasteiger partial charge in [0, 0.05) is 0 Å². The molecule has 0 radical (unpaired) electrons. The molecule has 0 aromatic heterocycles. The minimum absolute atomic E-state index is 0.355. The van der Waals surface area contributed by atoms with Crippen LogP contribution >= 0.6 is 0 Å². The van der Waals surface area contributed by atoms with Gasteiger partial charge in [-0.15, -0.1) is 0 Å². The molecule has 0 spiro atoms. The smallest absolute Gasteiger partial charge is 0.411 e. The number of likely N-dealkylation sites (tertiary alicyclic amines) is 1. The van der Waals surface area contributed by atoms with Gasteiger partial charge in [-0.2, -0.15) is 0 Å². The zero-order valence-corrected chi connectivity index (χ0v) is 14.1. The molecule has 0 N–H and O–H groups in total. The van der Waals surface area contributed by atoms with E-state index >= 15 is 0 Å². The van der Waals surface area contributed by atoms with E-state index < -0.39 is 17.2 Å². The molecule has 1 aromatic carbocycles. The molecule has 2 rings (SSSR count). The third kappa shape index (κ3) is 3.54. The van der Waals surface area contributed by atoms with Gasteiger partial charge in [-0.3, -0.25) is 4.90 Å². The highest BCUT2D eigenvalue weighted by molar-refractivity contribution is 5.78. The molecule has 0 aliphatic carbocycles. The number of aldehydes is 1. The van der Waals surface area contributed by atoms with Gasteiger partial charge in [0.05, 0.1) is 6.04 Å². The summed E-state index contributed by atoms with van der Waals surface area (Å²) < 4.78 is 19.1. The second-order valence-electron chi connectivity index (χ2n) is 7.03. The lowest BCUT2D eigenvalue weighted by atomic mass is 9.95. The van der Waals surface area contributed by atoms with E-state index in [1.54, 1.807) is 32.9 Å². The number of rotatable bonds is 3. The highest BCUT2D eigenvalue weighted by Crippen LogP contribution is 2.44. The lowest BCUT2D eigenvalue weighted by Crippen LogP contribution is -2.50. The summed E-state index contributed by atoms with van der Waals surface area (Å²) in [6.07, 6.45) is 1.96. The van der Waals surface area contributed by atoms with E-state index in [4.69, 9.17) is 4.74 Å². The highest BCUT2D eigenvalue weighted by Gasteiger charge is 2.49. The van der Waals surface area contributed by atoms with Crippen molar-refractivity contribution in [2.24, 2.45) is 0 Å². The number of nitrogens with zero attached hydrogens (tertiary/aromatic N) is 1. The van der Waals surface area contributed by atoms with Gasteiger partial charge in [-0.25, -0.2) is 9.18 Å². The number of amides is 1. The summed E-state index contributed by atoms with van der Waals surface area (Å²) in [4.78, 5) is 26.0. The summed E-state index contributed by atoms with van der Waals surface area (Å²) in [5.41, 5.74) is -0.860. The first-order valence-corrected chi connectivity index (χ1v) is 7.96. The van der Waals surface area contributed by atoms with Crippen molar-refractivity contribution in [1.29, 1.82) is 0 Å². The normalized spacial score (nSPS) is 24.6. The van der Waals surface area contributed by atoms with Crippen molar-refractivity contribution in [2.75, 3.05) is 0 Å². The van der Waals surface area contributed by atoms with Gasteiger partial charge in [-0.05, 0) is 57.7 Å². The van der Waals surface area contributed by atoms with E-state index in [2.05, 4.69) is 0 Å². The van der Waals surface area contributed by atoms with Crippen LogP contribution in [-0.4, -0.2) is 28.4 Å². The Hall–Kier alpha value is -1.91. The molecule has 1 aromatic rings. The molecule has 5 heteroatoms. The molecule has 1 saturated heterocycles. The van der Waals surface area contributed by atoms with E-state index in [1.807, 2.05) is 6.92 Å². The number of carbonyl (C=O) groups is 2. The molecule has 4 nitrogen and oxygen atoms in total. The van der Waals surface area contributed by atoms with Crippen molar-refractivity contribution in [2.45, 2.75) is 64.1 Å². The average Bonchev–Trinajstić information content (AvgIpc) is 2.85. The Labute approximate surface area is 136 Å². The number of ether oxygens (including phenoxy) is 1. The molecule has 1 aliphatic rings. The van der Waals surface area contributed by atoms with Crippen LogP contribution in [0.25, 0.3) is 0 Å². The van der Waals surface area contributed by atoms with Crippen molar-refractivity contribution >= 4 is 12.4 Å². The molecule has 1 fully saturated rings. The van der Waals surface area contributed by atoms with Crippen molar-refractivity contribution in [3.8, 4) is 0 Å². The quantitative estimate of drug-likeness (QED) is 0.782. The topological polar surface area (TPSA) is 46.6 Å². The number of benzene rings is 1. The maximum Gasteiger partial charge on any atom is 0.411 e. The van der Waals surface area contributed by atoms with Crippen LogP contribution in [0.5, 0.6) is 0 Å². The van der Waals surface area contributed by atoms with Crippen LogP contribution in [0.2, 0.25) is 0 Å². The van der Waals surface area contributed by atoms with Crippen LogP contribution in [-0.2, 0) is 9.53 Å². The molecule has 1 aliphatic heterocycles. The summed E-state index contributed by atoms with van der Waals surface area (Å²) in [5.74, 6) is -0.355. The van der Waals surface area contributed by atoms with Gasteiger partial charge in [0.2, 0.25) is 0 Å². The van der Waals surface area contributed by atoms with E-state index in [-0.39, 0.29) is 11.9 Å². The van der Waals surface area contributed by atoms with E-state index in [9.17, 15) is 14.0 Å². The zero-order valence-electron chi connectivity index (χ0n) is 14.1. The molecule has 0 bridgehead atoms. The molecule has 0 unspecified atom stereocenters. The Morgan fingerprint density at radius 1 is 1.48 bits per heavy atom. The Morgan fingerprint density at radius 3 is 2.70 bits per heavy atom.